The van der Waals surface area contributed by atoms with Gasteiger partial charge in [0.15, 0.2) is 0 Å². The number of nitrogens with zero attached hydrogens (tertiary/aromatic N) is 4. The van der Waals surface area contributed by atoms with Crippen LogP contribution in [0.3, 0.4) is 0 Å². The van der Waals surface area contributed by atoms with E-state index in [0.29, 0.717) is 11.8 Å². The van der Waals surface area contributed by atoms with Gasteiger partial charge in [-0.3, -0.25) is 0 Å². The van der Waals surface area contributed by atoms with Crippen molar-refractivity contribution in [2.45, 2.75) is 0 Å². The van der Waals surface area contributed by atoms with Gasteiger partial charge in [0.2, 0.25) is 11.8 Å². The number of pyridine rings is 2. The van der Waals surface area contributed by atoms with Gasteiger partial charge in [0.1, 0.15) is 21.4 Å². The van der Waals surface area contributed by atoms with Crippen molar-refractivity contribution in [2.24, 2.45) is 0 Å². The van der Waals surface area contributed by atoms with E-state index in [1.807, 2.05) is 35.0 Å². The third-order valence-electron chi connectivity index (χ3n) is 2.96. The third-order valence-corrected chi connectivity index (χ3v) is 4.55. The van der Waals surface area contributed by atoms with Crippen molar-refractivity contribution in [3.63, 3.8) is 0 Å². The fourth-order valence-corrected chi connectivity index (χ4v) is 3.20. The Labute approximate surface area is 160 Å². The number of hydrogen-bond acceptors (Lipinski definition) is 7. The molecule has 0 fully saturated rings. The Morgan fingerprint density at radius 3 is 1.62 bits per heavy atom. The van der Waals surface area contributed by atoms with Gasteiger partial charge in [-0.2, -0.15) is 0 Å². The molecule has 0 aliphatic rings. The monoisotopic (exact) mass is 533 g/mol. The van der Waals surface area contributed by atoms with Crippen molar-refractivity contribution in [3.05, 3.63) is 59.6 Å². The molecule has 24 heavy (non-hydrogen) atoms. The van der Waals surface area contributed by atoms with Crippen LogP contribution in [0.1, 0.15) is 0 Å². The van der Waals surface area contributed by atoms with Crippen molar-refractivity contribution < 1.29 is 25.8 Å². The van der Waals surface area contributed by atoms with Gasteiger partial charge in [-0.25, -0.2) is 19.9 Å². The molecule has 5 nitrogen and oxygen atoms in total. The van der Waals surface area contributed by atoms with Crippen molar-refractivity contribution >= 4 is 22.7 Å². The van der Waals surface area contributed by atoms with Crippen molar-refractivity contribution in [2.75, 3.05) is 0 Å². The topological polar surface area (TPSA) is 60.8 Å². The smallest absolute Gasteiger partial charge is 0.221 e. The van der Waals surface area contributed by atoms with E-state index in [2.05, 4.69) is 19.9 Å². The molecule has 122 valence electrons. The zero-order chi connectivity index (χ0) is 15.5. The summed E-state index contributed by atoms with van der Waals surface area (Å²) in [7, 11) is 0. The first kappa shape index (κ1) is 16.9. The van der Waals surface area contributed by atoms with Crippen LogP contribution in [0.2, 0.25) is 0 Å². The van der Waals surface area contributed by atoms with Gasteiger partial charge in [-0.15, -0.1) is 22.7 Å². The quantitative estimate of drug-likeness (QED) is 0.386. The zero-order valence-electron chi connectivity index (χ0n) is 12.1. The first-order chi connectivity index (χ1) is 11.4. The Kier molecular flexibility index (Phi) is 5.45. The maximum atomic E-state index is 5.79. The molecule has 0 aromatic carbocycles. The minimum absolute atomic E-state index is 0. The van der Waals surface area contributed by atoms with E-state index in [-0.39, 0.29) is 21.1 Å². The van der Waals surface area contributed by atoms with Crippen LogP contribution in [0.5, 0.6) is 11.8 Å². The summed E-state index contributed by atoms with van der Waals surface area (Å²) >= 11 is 3.08. The maximum absolute atomic E-state index is 5.79. The summed E-state index contributed by atoms with van der Waals surface area (Å²) in [6, 6.07) is 11.2. The molecule has 0 spiro atoms. The third kappa shape index (κ3) is 3.75. The molecule has 0 N–H and O–H groups in total. The van der Waals surface area contributed by atoms with Gasteiger partial charge in [-0.1, -0.05) is 12.1 Å². The van der Waals surface area contributed by atoms with Crippen molar-refractivity contribution in [1.29, 1.82) is 0 Å². The van der Waals surface area contributed by atoms with Crippen LogP contribution in [-0.2, 0) is 21.1 Å². The Morgan fingerprint density at radius 2 is 1.21 bits per heavy atom. The molecule has 0 aliphatic carbocycles. The molecule has 0 aliphatic heterocycles. The molecule has 0 saturated heterocycles. The Bertz CT molecular complexity index is 838. The largest absolute Gasteiger partial charge is 0.421 e. The minimum atomic E-state index is 0. The fourth-order valence-electron chi connectivity index (χ4n) is 1.99. The van der Waals surface area contributed by atoms with E-state index in [4.69, 9.17) is 4.74 Å². The average Bonchev–Trinajstić information content (AvgIpc) is 3.29. The van der Waals surface area contributed by atoms with Crippen LogP contribution >= 0.6 is 22.7 Å². The number of ether oxygens (including phenoxy) is 1. The van der Waals surface area contributed by atoms with Crippen LogP contribution in [0.4, 0.5) is 0 Å². The molecule has 0 unspecified atom stereocenters. The molecule has 0 saturated carbocycles. The van der Waals surface area contributed by atoms with Crippen LogP contribution in [0.15, 0.2) is 59.6 Å². The van der Waals surface area contributed by atoms with E-state index in [1.54, 1.807) is 47.2 Å². The molecule has 0 radical (unpaired) electrons. The van der Waals surface area contributed by atoms with Gasteiger partial charge in [0.25, 0.3) is 0 Å². The molecule has 0 atom stereocenters. The average molecular weight is 533 g/mol. The molecule has 4 heterocycles. The van der Waals surface area contributed by atoms with Gasteiger partial charge in [0, 0.05) is 56.4 Å². The second kappa shape index (κ2) is 7.75. The predicted octanol–water partition coefficient (Wildman–Crippen LogP) is 4.51. The zero-order valence-corrected chi connectivity index (χ0v) is 16.0. The standard InChI is InChI=1S/C16H10N4OS2.Pt/c1-3-11(15-17-7-9-22-15)19-13(5-1)21-14-6-2-4-12(20-14)16-18-8-10-23-16;/h1-10H;. The Balaban J connectivity index is 0.00000169. The van der Waals surface area contributed by atoms with Gasteiger partial charge >= 0.3 is 0 Å². The molecule has 4 aromatic heterocycles. The maximum Gasteiger partial charge on any atom is 0.221 e. The normalized spacial score (nSPS) is 10.2. The van der Waals surface area contributed by atoms with Crippen LogP contribution in [-0.4, -0.2) is 19.9 Å². The summed E-state index contributed by atoms with van der Waals surface area (Å²) in [4.78, 5) is 17.5. The SMILES string of the molecule is [Pt].c1cc(Oc2cccc(-c3nccs3)n2)nc(-c2nccs2)c1. The number of hydrogen-bond donors (Lipinski definition) is 0. The second-order valence-corrected chi connectivity index (χ2v) is 6.29. The molecule has 0 bridgehead atoms. The summed E-state index contributed by atoms with van der Waals surface area (Å²) in [6.07, 6.45) is 3.52. The van der Waals surface area contributed by atoms with E-state index in [9.17, 15) is 0 Å². The summed E-state index contributed by atoms with van der Waals surface area (Å²) < 4.78 is 5.79. The number of thiazole rings is 2. The molecule has 4 rings (SSSR count). The molecular formula is C16H10N4OPtS2. The van der Waals surface area contributed by atoms with Crippen molar-refractivity contribution in [1.82, 2.24) is 19.9 Å². The van der Waals surface area contributed by atoms with Gasteiger partial charge < -0.3 is 4.74 Å². The predicted molar refractivity (Wildman–Crippen MR) is 90.8 cm³/mol. The minimum Gasteiger partial charge on any atom is -0.421 e. The van der Waals surface area contributed by atoms with Crippen LogP contribution in [0, 0.1) is 0 Å². The Morgan fingerprint density at radius 1 is 0.708 bits per heavy atom. The van der Waals surface area contributed by atoms with E-state index in [1.165, 1.54) is 0 Å². The number of aromatic nitrogens is 4. The molecule has 8 heteroatoms. The number of rotatable bonds is 4. The van der Waals surface area contributed by atoms with E-state index < -0.39 is 0 Å². The summed E-state index contributed by atoms with van der Waals surface area (Å²) in [5.74, 6) is 0.975. The fraction of sp³-hybridized carbons (Fsp3) is 0. The first-order valence-electron chi connectivity index (χ1n) is 6.80. The van der Waals surface area contributed by atoms with E-state index >= 15 is 0 Å². The van der Waals surface area contributed by atoms with Gasteiger partial charge in [-0.05, 0) is 12.1 Å². The van der Waals surface area contributed by atoms with Crippen molar-refractivity contribution in [3.8, 4) is 33.2 Å². The molecule has 4 aromatic rings. The summed E-state index contributed by atoms with van der Waals surface area (Å²) in [5.41, 5.74) is 1.57. The molecular weight excluding hydrogens is 523 g/mol. The van der Waals surface area contributed by atoms with Crippen LogP contribution < -0.4 is 4.74 Å². The van der Waals surface area contributed by atoms with Gasteiger partial charge in [0.05, 0.1) is 0 Å². The second-order valence-electron chi connectivity index (χ2n) is 4.50. The summed E-state index contributed by atoms with van der Waals surface area (Å²) in [6.45, 7) is 0. The van der Waals surface area contributed by atoms with E-state index in [0.717, 1.165) is 21.4 Å². The Hall–Kier alpha value is -1.95. The summed E-state index contributed by atoms with van der Waals surface area (Å²) in [5, 5.41) is 5.56. The van der Waals surface area contributed by atoms with Crippen LogP contribution in [0.25, 0.3) is 21.4 Å². The first-order valence-corrected chi connectivity index (χ1v) is 8.56. The molecule has 0 amide bonds.